The standard InChI is InChI=1S/C76H113N18O41P5S3/c1-12-41-42(23-48(125-41)89-24-36(2)60(77)84-72(89)98)131-138(107,141)123-32-46-52(57(117-20-15-112-9)69(129-46)92-27-39(5)65(96)87-75(92)101)133-136(103,104)120-30-44-51(56(116-19-14-111-8)68(127-44)91-26-38(4)62(79)86-74(91)100)132-137(105,106)121-31-45-53(58(118-21-16-113-10)70(128-45)93-28-40(6)66(97)88-76(93)102)134-140(109,143)124-33-47-54(59(119-22-17-114-11)71(130-47)94-35-83-49-63(80)81-34-82-64(49)94)135-139(108,142)122-29-43-50(95)55(115-18-13-110-7)67(126-43)90-25-37(3)61(78)85-73(90)99/h24-28,34-35,41-48,50-59,67-71,95H,12-23,29-33H2,1-11H3,(H,103,104)(H,105,106)(H,107,141)(H,108,142)(H,109,143)(H2,77,84,98)(H2,78,85,99)(H2,79,86,100)(H2,80,81,82)(H,87,96,101)(H,88,97,102)/p-5/t41-,42?,43-,44-,45-,46-,47-,48-,50?,51?,52?,53?,54?,55+,56+,57+,58+,59+,67-,68-,69-,70-,71-,138?,139?,140?/m1/s1. The molecule has 59 nitrogen and oxygen atoms in total. The Morgan fingerprint density at radius 2 is 0.769 bits per heavy atom. The quantitative estimate of drug-likeness (QED) is 0.0109. The summed E-state index contributed by atoms with van der Waals surface area (Å²) >= 11 is 16.7. The van der Waals surface area contributed by atoms with Crippen LogP contribution in [0.15, 0.2) is 77.2 Å². The van der Waals surface area contributed by atoms with Crippen molar-refractivity contribution < 1.29 is 159 Å². The van der Waals surface area contributed by atoms with Gasteiger partial charge in [0, 0.05) is 101 Å². The number of H-pyrrole nitrogens is 2. The number of aromatic amines is 2. The monoisotopic (exact) mass is 2180 g/mol. The average molecular weight is 2180 g/mol. The zero-order valence-electron chi connectivity index (χ0n) is 78.3. The number of aromatic nitrogens is 14. The Balaban J connectivity index is 0.797. The van der Waals surface area contributed by atoms with Crippen LogP contribution in [-0.2, 0) is 171 Å². The Morgan fingerprint density at radius 3 is 1.20 bits per heavy atom. The van der Waals surface area contributed by atoms with E-state index in [1.807, 2.05) is 0 Å². The number of nitrogen functional groups attached to an aromatic ring is 4. The van der Waals surface area contributed by atoms with Gasteiger partial charge in [0.25, 0.3) is 26.8 Å². The molecule has 6 aliphatic heterocycles. The fourth-order valence-electron chi connectivity index (χ4n) is 16.1. The maximum atomic E-state index is 15.5. The predicted octanol–water partition coefficient (Wildman–Crippen LogP) is -3.96. The third-order valence-corrected chi connectivity index (χ3v) is 29.7. The van der Waals surface area contributed by atoms with Crippen LogP contribution in [0.4, 0.5) is 23.3 Å². The number of nitrogens with one attached hydrogen (secondary N) is 2. The molecular weight excluding hydrogens is 2070 g/mol. The lowest BCUT2D eigenvalue weighted by Gasteiger charge is -2.36. The van der Waals surface area contributed by atoms with E-state index in [2.05, 4.69) is 39.9 Å². The Hall–Kier alpha value is -7.15. The number of rotatable bonds is 52. The Kier molecular flexibility index (Phi) is 38.8. The van der Waals surface area contributed by atoms with E-state index in [1.54, 1.807) is 20.8 Å². The van der Waals surface area contributed by atoms with Gasteiger partial charge in [-0.25, -0.2) is 38.9 Å². The first-order valence-corrected chi connectivity index (χ1v) is 54.4. The van der Waals surface area contributed by atoms with E-state index in [9.17, 15) is 43.6 Å². The second kappa shape index (κ2) is 49.1. The molecule has 796 valence electrons. The lowest BCUT2D eigenvalue weighted by molar-refractivity contribution is -0.241. The maximum absolute atomic E-state index is 15.5. The molecule has 6 fully saturated rings. The van der Waals surface area contributed by atoms with Crippen LogP contribution in [0.5, 0.6) is 0 Å². The van der Waals surface area contributed by atoms with E-state index in [4.69, 9.17) is 180 Å². The van der Waals surface area contributed by atoms with Crippen molar-refractivity contribution in [2.75, 3.05) is 158 Å². The molecule has 6 saturated heterocycles. The van der Waals surface area contributed by atoms with E-state index in [0.717, 1.165) is 47.8 Å². The van der Waals surface area contributed by atoms with Gasteiger partial charge in [0.2, 0.25) is 0 Å². The molecule has 0 aliphatic carbocycles. The van der Waals surface area contributed by atoms with Gasteiger partial charge in [-0.2, -0.15) is 15.0 Å². The number of anilines is 4. The third-order valence-electron chi connectivity index (χ3n) is 23.2. The molecule has 11 unspecified atom stereocenters. The molecule has 0 amide bonds. The summed E-state index contributed by atoms with van der Waals surface area (Å²) in [5.74, 6) is -0.502. The highest BCUT2D eigenvalue weighted by Gasteiger charge is 2.57. The van der Waals surface area contributed by atoms with E-state index in [-0.39, 0.29) is 110 Å². The molecule has 0 spiro atoms. The van der Waals surface area contributed by atoms with Gasteiger partial charge in [-0.1, -0.05) is 30.5 Å². The minimum atomic E-state index is -6.25. The fourth-order valence-corrected chi connectivity index (χ4v) is 22.3. The number of methoxy groups -OCH3 is 5. The number of nitrogens with zero attached hydrogens (tertiary/aromatic N) is 12. The normalized spacial score (nSPS) is 29.4. The van der Waals surface area contributed by atoms with Crippen LogP contribution in [0, 0.1) is 34.6 Å². The van der Waals surface area contributed by atoms with Gasteiger partial charge < -0.3 is 181 Å². The van der Waals surface area contributed by atoms with Crippen molar-refractivity contribution >= 4 is 106 Å². The average Bonchev–Trinajstić information content (AvgIpc) is 1.62. The smallest absolute Gasteiger partial charge is 0.351 e. The number of hydrogen-bond acceptors (Lipinski definition) is 54. The van der Waals surface area contributed by atoms with Crippen molar-refractivity contribution in [1.29, 1.82) is 0 Å². The summed E-state index contributed by atoms with van der Waals surface area (Å²) < 4.78 is 206. The first-order valence-electron chi connectivity index (χ1n) is 43.8. The molecule has 7 aromatic heterocycles. The lowest BCUT2D eigenvalue weighted by Crippen LogP contribution is -2.43. The van der Waals surface area contributed by atoms with Crippen LogP contribution in [0.25, 0.3) is 11.2 Å². The SMILES string of the molecule is CC[C@H]1O[C@@H](n2cc(C)c(N)nc2=O)CC1OP([O-])(=S)OC[C@H]1O[C@@H](n2cc(C)c(=O)[nH]c2=O)[C@@H](OCCOC)C1OP(=O)([O-])OC[C@H]1O[C@@H](n2cc(C)c(N)nc2=O)[C@@H](OCCOC)C1OP(=O)([O-])OC[C@H]1O[C@@H](n2cc(C)c(=O)[nH]c2=O)[C@@H](OCCOC)C1OP(=O)([S-])OC[C@H]1O[C@@H](n2cnc3c(N)ncnc32)[C@@H](OCCOC)C1OP([O-])(=S)OC[C@H]1O[C@@H](n2cc(C)c(N)nc2=O)[C@@H](OCCOC)C1O. The molecule has 7 aromatic rings. The highest BCUT2D eigenvalue weighted by molar-refractivity contribution is 8.32. The number of aliphatic hydroxyl groups is 1. The highest BCUT2D eigenvalue weighted by atomic mass is 32.7. The molecule has 0 bridgehead atoms. The summed E-state index contributed by atoms with van der Waals surface area (Å²) in [7, 11) is -5.82. The molecule has 0 aromatic carbocycles. The summed E-state index contributed by atoms with van der Waals surface area (Å²) in [4.78, 5) is 182. The number of aliphatic hydroxyl groups excluding tert-OH is 1. The first-order chi connectivity index (χ1) is 67.8. The Bertz CT molecular complexity index is 6290. The van der Waals surface area contributed by atoms with Gasteiger partial charge in [0.05, 0.1) is 118 Å². The summed E-state index contributed by atoms with van der Waals surface area (Å²) in [5, 5.41) is 11.8. The molecule has 11 N–H and O–H groups in total. The minimum absolute atomic E-state index is 0.0236. The molecule has 0 radical (unpaired) electrons. The van der Waals surface area contributed by atoms with Crippen molar-refractivity contribution in [2.24, 2.45) is 0 Å². The third kappa shape index (κ3) is 27.6. The van der Waals surface area contributed by atoms with Crippen molar-refractivity contribution in [1.82, 2.24) is 67.3 Å². The van der Waals surface area contributed by atoms with Gasteiger partial charge in [-0.3, -0.25) is 60.7 Å². The summed E-state index contributed by atoms with van der Waals surface area (Å²) in [6, 6.07) is 0. The predicted molar refractivity (Wildman–Crippen MR) is 490 cm³/mol. The number of phosphoric acid groups is 2. The zero-order chi connectivity index (χ0) is 104. The lowest BCUT2D eigenvalue weighted by atomic mass is 10.1. The molecule has 143 heavy (non-hydrogen) atoms. The number of fused-ring (bicyclic) bond motifs is 1. The molecule has 0 saturated carbocycles. The fraction of sp³-hybridized carbons (Fsp3) is 0.671. The number of imidazole rings is 1. The van der Waals surface area contributed by atoms with Crippen molar-refractivity contribution in [2.45, 2.75) is 196 Å². The van der Waals surface area contributed by atoms with Gasteiger partial charge >= 0.3 is 28.4 Å². The van der Waals surface area contributed by atoms with Crippen LogP contribution in [-0.4, -0.2) is 311 Å². The van der Waals surface area contributed by atoms with E-state index >= 15 is 28.4 Å². The molecule has 28 atom stereocenters. The zero-order valence-corrected chi connectivity index (χ0v) is 85.2. The van der Waals surface area contributed by atoms with Crippen LogP contribution in [0.3, 0.4) is 0 Å². The van der Waals surface area contributed by atoms with E-state index in [1.165, 1.54) is 79.6 Å². The number of aryl methyl sites for hydroxylation is 5. The highest BCUT2D eigenvalue weighted by Crippen LogP contribution is 2.56. The number of hydrogen-bond donors (Lipinski definition) is 7. The second-order valence-corrected chi connectivity index (χ2v) is 43.7. The van der Waals surface area contributed by atoms with E-state index in [0.29, 0.717) is 11.1 Å². The summed E-state index contributed by atoms with van der Waals surface area (Å²) in [5.41, 5.74) is 18.1. The Morgan fingerprint density at radius 1 is 0.420 bits per heavy atom. The largest absolute Gasteiger partial charge is 0.780 e. The van der Waals surface area contributed by atoms with Crippen LogP contribution in [0.2, 0.25) is 0 Å². The van der Waals surface area contributed by atoms with Crippen LogP contribution in [0.1, 0.15) is 85.0 Å². The van der Waals surface area contributed by atoms with E-state index < -0.39 is 269 Å². The molecular formula is C76H108N18O41P5S3-5. The van der Waals surface area contributed by atoms with Crippen molar-refractivity contribution in [3.8, 4) is 0 Å². The number of nitrogens with two attached hydrogens (primary N) is 4. The Labute approximate surface area is 826 Å². The first kappa shape index (κ1) is 113. The van der Waals surface area contributed by atoms with Crippen LogP contribution < -0.4 is 82.1 Å². The van der Waals surface area contributed by atoms with Crippen LogP contribution >= 0.6 is 35.9 Å². The maximum Gasteiger partial charge on any atom is 0.351 e. The van der Waals surface area contributed by atoms with Crippen molar-refractivity contribution in [3.05, 3.63) is 145 Å². The molecule has 13 heterocycles. The molecule has 67 heteroatoms. The van der Waals surface area contributed by atoms with Gasteiger partial charge in [0.1, 0.15) is 141 Å². The number of phosphoric ester groups is 2. The van der Waals surface area contributed by atoms with Gasteiger partial charge in [-0.15, -0.1) is 0 Å². The molecule has 6 aliphatic rings. The van der Waals surface area contributed by atoms with Gasteiger partial charge in [-0.05, 0) is 41.0 Å². The second-order valence-electron chi connectivity index (χ2n) is 32.9. The summed E-state index contributed by atoms with van der Waals surface area (Å²) in [6.07, 6.45) is -30.7. The molecule has 13 rings (SSSR count). The van der Waals surface area contributed by atoms with Gasteiger partial charge in [0.15, 0.2) is 49.4 Å². The van der Waals surface area contributed by atoms with Crippen molar-refractivity contribution in [3.63, 3.8) is 0 Å². The minimum Gasteiger partial charge on any atom is -0.780 e. The summed E-state index contributed by atoms with van der Waals surface area (Å²) in [6.45, 7) is -14.5. The number of ether oxygens (including phenoxy) is 16. The topological polar surface area (TPSA) is 766 Å².